The van der Waals surface area contributed by atoms with Gasteiger partial charge in [0.15, 0.2) is 0 Å². The Morgan fingerprint density at radius 3 is 1.44 bits per heavy atom. The van der Waals surface area contributed by atoms with Crippen molar-refractivity contribution in [2.45, 2.75) is 37.5 Å². The van der Waals surface area contributed by atoms with E-state index >= 15 is 0 Å². The highest BCUT2D eigenvalue weighted by molar-refractivity contribution is 6.21. The van der Waals surface area contributed by atoms with Gasteiger partial charge in [-0.2, -0.15) is 0 Å². The zero-order valence-corrected chi connectivity index (χ0v) is 27.2. The van der Waals surface area contributed by atoms with Crippen molar-refractivity contribution in [3.8, 4) is 44.5 Å². The van der Waals surface area contributed by atoms with Gasteiger partial charge in [-0.25, -0.2) is 0 Å². The molecule has 0 aliphatic heterocycles. The Balaban J connectivity index is 1.14. The molecule has 0 heteroatoms. The number of hydrogen-bond acceptors (Lipinski definition) is 0. The summed E-state index contributed by atoms with van der Waals surface area (Å²) >= 11 is 0. The molecule has 0 unspecified atom stereocenters. The first-order valence-electron chi connectivity index (χ1n) is 18.1. The lowest BCUT2D eigenvalue weighted by Crippen LogP contribution is -2.55. The van der Waals surface area contributed by atoms with Crippen LogP contribution >= 0.6 is 0 Å². The minimum atomic E-state index is 0.168. The first-order chi connectivity index (χ1) is 23.8. The van der Waals surface area contributed by atoms with E-state index in [1.807, 2.05) is 0 Å². The van der Waals surface area contributed by atoms with Gasteiger partial charge >= 0.3 is 0 Å². The van der Waals surface area contributed by atoms with Gasteiger partial charge in [-0.05, 0) is 139 Å². The van der Waals surface area contributed by atoms with Crippen molar-refractivity contribution >= 4 is 21.5 Å². The highest BCUT2D eigenvalue weighted by Gasteiger charge is 2.61. The molecule has 1 spiro atoms. The van der Waals surface area contributed by atoms with E-state index in [9.17, 15) is 0 Å². The van der Waals surface area contributed by atoms with Gasteiger partial charge in [0, 0.05) is 5.41 Å². The van der Waals surface area contributed by atoms with Crippen LogP contribution in [0.3, 0.4) is 0 Å². The number of benzene rings is 7. The van der Waals surface area contributed by atoms with Crippen LogP contribution in [0.1, 0.15) is 43.2 Å². The molecule has 0 saturated heterocycles. The summed E-state index contributed by atoms with van der Waals surface area (Å²) in [4.78, 5) is 0. The van der Waals surface area contributed by atoms with Crippen molar-refractivity contribution in [3.63, 3.8) is 0 Å². The topological polar surface area (TPSA) is 0 Å². The highest BCUT2D eigenvalue weighted by Crippen LogP contribution is 2.69. The van der Waals surface area contributed by atoms with Crippen molar-refractivity contribution < 1.29 is 0 Å². The van der Waals surface area contributed by atoms with Crippen LogP contribution in [0, 0.1) is 23.7 Å². The Kier molecular flexibility index (Phi) is 5.66. The van der Waals surface area contributed by atoms with E-state index in [0.717, 1.165) is 23.7 Å². The van der Waals surface area contributed by atoms with E-state index in [1.165, 1.54) is 98.2 Å². The molecular formula is C48H38. The SMILES string of the molecule is c1ccc(-c2ccc(-c3c4ccccc4c(-c4ccc5c(c4)C4(c6ccccc6-5)C5CC6CC(C5)CC4C6)c4ccccc34)cc2)cc1. The number of hydrogen-bond donors (Lipinski definition) is 0. The minimum Gasteiger partial charge on any atom is -0.0622 e. The molecule has 0 atom stereocenters. The summed E-state index contributed by atoms with van der Waals surface area (Å²) in [5.41, 5.74) is 14.3. The Hall–Kier alpha value is -4.94. The summed E-state index contributed by atoms with van der Waals surface area (Å²) in [6.45, 7) is 0. The fourth-order valence-electron chi connectivity index (χ4n) is 11.5. The molecule has 5 aliphatic rings. The molecule has 0 aromatic heterocycles. The Morgan fingerprint density at radius 2 is 0.812 bits per heavy atom. The van der Waals surface area contributed by atoms with Crippen molar-refractivity contribution in [2.75, 3.05) is 0 Å². The van der Waals surface area contributed by atoms with Gasteiger partial charge in [-0.1, -0.05) is 140 Å². The van der Waals surface area contributed by atoms with Crippen LogP contribution in [-0.4, -0.2) is 0 Å². The molecule has 5 aliphatic carbocycles. The van der Waals surface area contributed by atoms with Gasteiger partial charge in [0.05, 0.1) is 0 Å². The fourth-order valence-corrected chi connectivity index (χ4v) is 11.5. The second-order valence-corrected chi connectivity index (χ2v) is 15.3. The smallest absolute Gasteiger partial charge is 0.0272 e. The molecular weight excluding hydrogens is 577 g/mol. The molecule has 4 fully saturated rings. The maximum Gasteiger partial charge on any atom is 0.0272 e. The Morgan fingerprint density at radius 1 is 0.354 bits per heavy atom. The van der Waals surface area contributed by atoms with Crippen molar-refractivity contribution in [1.82, 2.24) is 0 Å². The molecule has 4 saturated carbocycles. The second-order valence-electron chi connectivity index (χ2n) is 15.3. The lowest BCUT2D eigenvalue weighted by Gasteiger charge is -2.61. The first kappa shape index (κ1) is 27.1. The Labute approximate surface area is 283 Å². The van der Waals surface area contributed by atoms with E-state index in [4.69, 9.17) is 0 Å². The van der Waals surface area contributed by atoms with Gasteiger partial charge in [-0.15, -0.1) is 0 Å². The average Bonchev–Trinajstić information content (AvgIpc) is 3.43. The second kappa shape index (κ2) is 10.0. The predicted molar refractivity (Wildman–Crippen MR) is 201 cm³/mol. The standard InChI is InChI=1S/C48H38/c1-2-10-32(11-3-1)33-18-20-34(21-19-33)46-40-13-4-6-15-42(40)47(43-16-7-5-14-41(43)46)35-22-23-39-38-12-8-9-17-44(38)48(45(39)29-35)36-25-30-24-31(27-36)28-37(48)26-30/h1-23,29-31,36-37H,24-28H2. The number of fused-ring (bicyclic) bond motifs is 5. The van der Waals surface area contributed by atoms with Crippen LogP contribution in [0.25, 0.3) is 66.1 Å². The predicted octanol–water partition coefficient (Wildman–Crippen LogP) is 12.7. The lowest BCUT2D eigenvalue weighted by molar-refractivity contribution is -0.0399. The maximum absolute atomic E-state index is 2.67. The summed E-state index contributed by atoms with van der Waals surface area (Å²) in [6, 6.07) is 55.3. The molecule has 7 aromatic rings. The molecule has 0 amide bonds. The van der Waals surface area contributed by atoms with Gasteiger partial charge in [0.25, 0.3) is 0 Å². The summed E-state index contributed by atoms with van der Waals surface area (Å²) in [5, 5.41) is 5.33. The normalized spacial score (nSPS) is 24.8. The summed E-state index contributed by atoms with van der Waals surface area (Å²) in [7, 11) is 0. The van der Waals surface area contributed by atoms with Gasteiger partial charge < -0.3 is 0 Å². The van der Waals surface area contributed by atoms with Crippen molar-refractivity contribution in [3.05, 3.63) is 157 Å². The molecule has 0 nitrogen and oxygen atoms in total. The van der Waals surface area contributed by atoms with E-state index in [-0.39, 0.29) is 5.41 Å². The molecule has 0 N–H and O–H groups in total. The maximum atomic E-state index is 2.67. The average molecular weight is 615 g/mol. The molecule has 4 bridgehead atoms. The van der Waals surface area contributed by atoms with Gasteiger partial charge in [-0.3, -0.25) is 0 Å². The molecule has 230 valence electrons. The zero-order chi connectivity index (χ0) is 31.4. The molecule has 12 rings (SSSR count). The van der Waals surface area contributed by atoms with Crippen LogP contribution in [0.2, 0.25) is 0 Å². The van der Waals surface area contributed by atoms with Crippen LogP contribution < -0.4 is 0 Å². The van der Waals surface area contributed by atoms with Crippen LogP contribution in [-0.2, 0) is 5.41 Å². The molecule has 0 heterocycles. The molecule has 0 radical (unpaired) electrons. The third kappa shape index (κ3) is 3.61. The summed E-state index contributed by atoms with van der Waals surface area (Å²) < 4.78 is 0. The summed E-state index contributed by atoms with van der Waals surface area (Å²) in [6.07, 6.45) is 7.13. The number of rotatable bonds is 3. The molecule has 48 heavy (non-hydrogen) atoms. The van der Waals surface area contributed by atoms with Gasteiger partial charge in [0.2, 0.25) is 0 Å². The fraction of sp³-hybridized carbons (Fsp3) is 0.208. The highest BCUT2D eigenvalue weighted by atomic mass is 14.6. The van der Waals surface area contributed by atoms with Gasteiger partial charge in [0.1, 0.15) is 0 Å². The van der Waals surface area contributed by atoms with Crippen molar-refractivity contribution in [2.24, 2.45) is 23.7 Å². The van der Waals surface area contributed by atoms with E-state index in [2.05, 4.69) is 146 Å². The zero-order valence-electron chi connectivity index (χ0n) is 27.2. The lowest BCUT2D eigenvalue weighted by atomic mass is 9.43. The third-order valence-corrected chi connectivity index (χ3v) is 13.1. The van der Waals surface area contributed by atoms with E-state index < -0.39 is 0 Å². The summed E-state index contributed by atoms with van der Waals surface area (Å²) in [5.74, 6) is 3.42. The Bertz CT molecular complexity index is 2310. The molecule has 7 aromatic carbocycles. The van der Waals surface area contributed by atoms with E-state index in [0.29, 0.717) is 0 Å². The van der Waals surface area contributed by atoms with Crippen molar-refractivity contribution in [1.29, 1.82) is 0 Å². The van der Waals surface area contributed by atoms with Crippen LogP contribution in [0.5, 0.6) is 0 Å². The third-order valence-electron chi connectivity index (χ3n) is 13.1. The monoisotopic (exact) mass is 614 g/mol. The van der Waals surface area contributed by atoms with Crippen LogP contribution in [0.4, 0.5) is 0 Å². The first-order valence-corrected chi connectivity index (χ1v) is 18.1. The largest absolute Gasteiger partial charge is 0.0622 e. The minimum absolute atomic E-state index is 0.168. The van der Waals surface area contributed by atoms with E-state index in [1.54, 1.807) is 11.1 Å². The van der Waals surface area contributed by atoms with Crippen LogP contribution in [0.15, 0.2) is 146 Å². The quantitative estimate of drug-likeness (QED) is 0.174.